The van der Waals surface area contributed by atoms with Crippen LogP contribution in [0.4, 0.5) is 0 Å². The van der Waals surface area contributed by atoms with Crippen LogP contribution in [-0.4, -0.2) is 89.6 Å². The molecule has 184 valence electrons. The highest BCUT2D eigenvalue weighted by molar-refractivity contribution is 5.77. The molecule has 31 heavy (non-hydrogen) atoms. The number of unbranched alkanes of at least 4 members (excludes halogenated alkanes) is 7. The molecule has 0 aromatic heterocycles. The smallest absolute Gasteiger partial charge is 0.329 e. The third-order valence-electron chi connectivity index (χ3n) is 4.29. The van der Waals surface area contributed by atoms with Crippen LogP contribution in [-0.2, 0) is 33.3 Å². The largest absolute Gasteiger partial charge is 0.480 e. The van der Waals surface area contributed by atoms with Gasteiger partial charge in [-0.05, 0) is 6.42 Å². The number of nitrogens with one attached hydrogen (secondary N) is 1. The lowest BCUT2D eigenvalue weighted by atomic mass is 10.1. The molecule has 0 fully saturated rings. The van der Waals surface area contributed by atoms with Gasteiger partial charge in [0.15, 0.2) is 0 Å². The van der Waals surface area contributed by atoms with E-state index in [2.05, 4.69) is 17.0 Å². The van der Waals surface area contributed by atoms with Gasteiger partial charge in [-0.3, -0.25) is 4.79 Å². The maximum Gasteiger partial charge on any atom is 0.329 e. The first-order chi connectivity index (χ1) is 15.2. The molecule has 2 N–H and O–H groups in total. The lowest BCUT2D eigenvalue weighted by molar-refractivity contribution is -0.143. The minimum atomic E-state index is -1.11. The number of carboxylic acids is 1. The second kappa shape index (κ2) is 25.0. The van der Waals surface area contributed by atoms with Gasteiger partial charge in [0.25, 0.3) is 0 Å². The third kappa shape index (κ3) is 26.7. The summed E-state index contributed by atoms with van der Waals surface area (Å²) in [6.07, 6.45) is 10.4. The number of carboxylic acid groups (broad SMARTS) is 1. The van der Waals surface area contributed by atoms with E-state index in [4.69, 9.17) is 24.1 Å². The van der Waals surface area contributed by atoms with Crippen LogP contribution >= 0.6 is 0 Å². The summed E-state index contributed by atoms with van der Waals surface area (Å²) in [5.74, 6) is -1.48. The molecule has 0 saturated carbocycles. The van der Waals surface area contributed by atoms with Crippen LogP contribution in [0.15, 0.2) is 0 Å². The Morgan fingerprint density at radius 2 is 1.10 bits per heavy atom. The highest BCUT2D eigenvalue weighted by Gasteiger charge is 2.03. The first-order valence-electron chi connectivity index (χ1n) is 11.5. The number of rotatable bonds is 25. The Hall–Kier alpha value is -1.26. The van der Waals surface area contributed by atoms with Crippen molar-refractivity contribution in [3.8, 4) is 0 Å². The molecule has 0 unspecified atom stereocenters. The van der Waals surface area contributed by atoms with Crippen molar-refractivity contribution in [3.63, 3.8) is 0 Å². The molecular weight excluding hydrogens is 406 g/mol. The summed E-state index contributed by atoms with van der Waals surface area (Å²) in [4.78, 5) is 21.5. The number of carbonyl (C=O) groups excluding carboxylic acids is 1. The molecule has 9 nitrogen and oxygen atoms in total. The van der Waals surface area contributed by atoms with Crippen molar-refractivity contribution in [1.29, 1.82) is 0 Å². The Labute approximate surface area is 187 Å². The van der Waals surface area contributed by atoms with Gasteiger partial charge in [0, 0.05) is 13.2 Å². The van der Waals surface area contributed by atoms with Crippen molar-refractivity contribution < 1.29 is 38.4 Å². The van der Waals surface area contributed by atoms with Gasteiger partial charge in [-0.15, -0.1) is 0 Å². The van der Waals surface area contributed by atoms with E-state index >= 15 is 0 Å². The van der Waals surface area contributed by atoms with E-state index in [1.54, 1.807) is 0 Å². The zero-order valence-corrected chi connectivity index (χ0v) is 19.2. The highest BCUT2D eigenvalue weighted by Crippen LogP contribution is 2.08. The molecule has 0 heterocycles. The van der Waals surface area contributed by atoms with Gasteiger partial charge in [0.1, 0.15) is 13.2 Å². The molecule has 0 aliphatic heterocycles. The summed E-state index contributed by atoms with van der Waals surface area (Å²) in [7, 11) is 0. The lowest BCUT2D eigenvalue weighted by Crippen LogP contribution is -2.31. The molecule has 0 bridgehead atoms. The summed E-state index contributed by atoms with van der Waals surface area (Å²) < 4.78 is 26.4. The molecule has 9 heteroatoms. The Morgan fingerprint density at radius 1 is 0.613 bits per heavy atom. The lowest BCUT2D eigenvalue weighted by Gasteiger charge is -2.08. The van der Waals surface area contributed by atoms with Gasteiger partial charge < -0.3 is 34.1 Å². The first kappa shape index (κ1) is 29.7. The van der Waals surface area contributed by atoms with Gasteiger partial charge in [-0.25, -0.2) is 4.79 Å². The third-order valence-corrected chi connectivity index (χ3v) is 4.29. The van der Waals surface area contributed by atoms with Crippen LogP contribution in [0.25, 0.3) is 0 Å². The topological polar surface area (TPSA) is 113 Å². The van der Waals surface area contributed by atoms with Gasteiger partial charge in [0.05, 0.1) is 46.2 Å². The van der Waals surface area contributed by atoms with Crippen LogP contribution in [0.5, 0.6) is 0 Å². The molecule has 0 aliphatic carbocycles. The quantitative estimate of drug-likeness (QED) is 0.204. The van der Waals surface area contributed by atoms with E-state index < -0.39 is 12.6 Å². The standard InChI is InChI=1S/C22H43NO8/c1-2-3-4-5-6-7-8-9-11-27-13-15-29-17-18-30-16-14-28-12-10-23-21(24)19-31-20-22(25)26/h2-20H2,1H3,(H,23,24)(H,25,26). The fourth-order valence-corrected chi connectivity index (χ4v) is 2.64. The molecule has 0 radical (unpaired) electrons. The second-order valence-electron chi connectivity index (χ2n) is 7.16. The molecule has 0 aliphatic rings. The number of hydrogen-bond acceptors (Lipinski definition) is 7. The minimum absolute atomic E-state index is 0.278. The van der Waals surface area contributed by atoms with Gasteiger partial charge >= 0.3 is 5.97 Å². The van der Waals surface area contributed by atoms with E-state index in [1.807, 2.05) is 0 Å². The summed E-state index contributed by atoms with van der Waals surface area (Å²) in [5.41, 5.74) is 0. The molecule has 0 aromatic rings. The summed E-state index contributed by atoms with van der Waals surface area (Å²) >= 11 is 0. The van der Waals surface area contributed by atoms with Crippen LogP contribution in [0.2, 0.25) is 0 Å². The summed E-state index contributed by atoms with van der Waals surface area (Å²) in [6.45, 7) is 6.05. The van der Waals surface area contributed by atoms with Crippen LogP contribution in [0, 0.1) is 0 Å². The van der Waals surface area contributed by atoms with Crippen LogP contribution < -0.4 is 5.32 Å². The molecular formula is C22H43NO8. The summed E-state index contributed by atoms with van der Waals surface area (Å²) in [6, 6.07) is 0. The number of carbonyl (C=O) groups is 2. The normalized spacial score (nSPS) is 11.0. The number of ether oxygens (including phenoxy) is 5. The van der Waals surface area contributed by atoms with Crippen molar-refractivity contribution in [2.45, 2.75) is 58.3 Å². The van der Waals surface area contributed by atoms with Crippen molar-refractivity contribution in [1.82, 2.24) is 5.32 Å². The maximum absolute atomic E-state index is 11.3. The molecule has 1 amide bonds. The molecule has 0 aromatic carbocycles. The fraction of sp³-hybridized carbons (Fsp3) is 0.909. The maximum atomic E-state index is 11.3. The number of amides is 1. The van der Waals surface area contributed by atoms with Crippen LogP contribution in [0.3, 0.4) is 0 Å². The van der Waals surface area contributed by atoms with Gasteiger partial charge in [-0.2, -0.15) is 0 Å². The highest BCUT2D eigenvalue weighted by atomic mass is 16.6. The summed E-state index contributed by atoms with van der Waals surface area (Å²) in [5, 5.41) is 10.9. The molecule has 0 saturated heterocycles. The predicted molar refractivity (Wildman–Crippen MR) is 117 cm³/mol. The number of aliphatic carboxylic acids is 1. The first-order valence-corrected chi connectivity index (χ1v) is 11.5. The van der Waals surface area contributed by atoms with E-state index in [0.717, 1.165) is 13.0 Å². The Bertz CT molecular complexity index is 409. The van der Waals surface area contributed by atoms with E-state index in [9.17, 15) is 9.59 Å². The Morgan fingerprint density at radius 3 is 1.65 bits per heavy atom. The average molecular weight is 450 g/mol. The average Bonchev–Trinajstić information content (AvgIpc) is 2.74. The predicted octanol–water partition coefficient (Wildman–Crippen LogP) is 2.41. The van der Waals surface area contributed by atoms with Crippen molar-refractivity contribution >= 4 is 11.9 Å². The minimum Gasteiger partial charge on any atom is -0.480 e. The van der Waals surface area contributed by atoms with Crippen molar-refractivity contribution in [2.24, 2.45) is 0 Å². The zero-order valence-electron chi connectivity index (χ0n) is 19.2. The molecule has 0 rings (SSSR count). The zero-order chi connectivity index (χ0) is 22.8. The molecule has 0 spiro atoms. The Balaban J connectivity index is 3.09. The van der Waals surface area contributed by atoms with Crippen molar-refractivity contribution in [2.75, 3.05) is 72.6 Å². The molecule has 0 atom stereocenters. The van der Waals surface area contributed by atoms with Gasteiger partial charge in [-0.1, -0.05) is 51.9 Å². The Kier molecular flexibility index (Phi) is 24.0. The second-order valence-corrected chi connectivity index (χ2v) is 7.16. The van der Waals surface area contributed by atoms with E-state index in [0.29, 0.717) is 52.8 Å². The van der Waals surface area contributed by atoms with Crippen molar-refractivity contribution in [3.05, 3.63) is 0 Å². The van der Waals surface area contributed by atoms with E-state index in [1.165, 1.54) is 44.9 Å². The van der Waals surface area contributed by atoms with Gasteiger partial charge in [0.2, 0.25) is 5.91 Å². The van der Waals surface area contributed by atoms with Crippen LogP contribution in [0.1, 0.15) is 58.3 Å². The van der Waals surface area contributed by atoms with E-state index in [-0.39, 0.29) is 12.5 Å². The number of hydrogen-bond donors (Lipinski definition) is 2. The SMILES string of the molecule is CCCCCCCCCCOCCOCCOCCOCCNC(=O)COCC(=O)O. The monoisotopic (exact) mass is 449 g/mol. The fourth-order valence-electron chi connectivity index (χ4n) is 2.64.